The second-order valence-corrected chi connectivity index (χ2v) is 7.14. The predicted octanol–water partition coefficient (Wildman–Crippen LogP) is 5.77. The molecule has 3 aromatic rings. The summed E-state index contributed by atoms with van der Waals surface area (Å²) >= 11 is 4.76. The van der Waals surface area contributed by atoms with E-state index in [-0.39, 0.29) is 11.3 Å². The van der Waals surface area contributed by atoms with Gasteiger partial charge in [0.25, 0.3) is 0 Å². The average molecular weight is 431 g/mol. The van der Waals surface area contributed by atoms with Crippen LogP contribution in [0.15, 0.2) is 70.5 Å². The standard InChI is InChI=1S/C20H12BrFO3S/c21-14-5-3-13(4-6-14)20(24)25-19-10-7-15(22)12-17(19)18(23)9-8-16-2-1-11-26-16/h1-12H. The summed E-state index contributed by atoms with van der Waals surface area (Å²) < 4.78 is 19.7. The van der Waals surface area contributed by atoms with Crippen LogP contribution in [0, 0.1) is 5.82 Å². The minimum atomic E-state index is -0.625. The van der Waals surface area contributed by atoms with Gasteiger partial charge in [0.1, 0.15) is 11.6 Å². The maximum Gasteiger partial charge on any atom is 0.343 e. The summed E-state index contributed by atoms with van der Waals surface area (Å²) in [5.74, 6) is -1.64. The van der Waals surface area contributed by atoms with Gasteiger partial charge in [-0.2, -0.15) is 0 Å². The molecular formula is C20H12BrFO3S. The highest BCUT2D eigenvalue weighted by molar-refractivity contribution is 9.10. The molecule has 0 saturated carbocycles. The van der Waals surface area contributed by atoms with Crippen molar-refractivity contribution >= 4 is 45.1 Å². The fourth-order valence-electron chi connectivity index (χ4n) is 2.16. The van der Waals surface area contributed by atoms with Gasteiger partial charge in [-0.15, -0.1) is 11.3 Å². The van der Waals surface area contributed by atoms with Gasteiger partial charge >= 0.3 is 5.97 Å². The number of hydrogen-bond acceptors (Lipinski definition) is 4. The number of ether oxygens (including phenoxy) is 1. The van der Waals surface area contributed by atoms with E-state index in [1.807, 2.05) is 17.5 Å². The minimum Gasteiger partial charge on any atom is -0.422 e. The molecule has 26 heavy (non-hydrogen) atoms. The third-order valence-electron chi connectivity index (χ3n) is 3.43. The third kappa shape index (κ3) is 4.53. The molecule has 3 nitrogen and oxygen atoms in total. The van der Waals surface area contributed by atoms with Gasteiger partial charge in [-0.1, -0.05) is 22.0 Å². The van der Waals surface area contributed by atoms with Gasteiger partial charge in [-0.05, 0) is 66.1 Å². The second-order valence-electron chi connectivity index (χ2n) is 5.25. The van der Waals surface area contributed by atoms with Crippen molar-refractivity contribution in [3.05, 3.63) is 92.3 Å². The number of carbonyl (C=O) groups excluding carboxylic acids is 2. The van der Waals surface area contributed by atoms with Crippen molar-refractivity contribution in [1.82, 2.24) is 0 Å². The minimum absolute atomic E-state index is 0.0109. The molecule has 0 fully saturated rings. The lowest BCUT2D eigenvalue weighted by atomic mass is 10.1. The number of halogens is 2. The largest absolute Gasteiger partial charge is 0.422 e. The number of carbonyl (C=O) groups is 2. The van der Waals surface area contributed by atoms with E-state index in [0.717, 1.165) is 21.5 Å². The molecule has 0 aliphatic heterocycles. The van der Waals surface area contributed by atoms with E-state index in [0.29, 0.717) is 5.56 Å². The van der Waals surface area contributed by atoms with E-state index in [1.54, 1.807) is 30.3 Å². The number of benzene rings is 2. The summed E-state index contributed by atoms with van der Waals surface area (Å²) in [6.07, 6.45) is 2.97. The van der Waals surface area contributed by atoms with Crippen molar-refractivity contribution in [3.8, 4) is 5.75 Å². The number of rotatable bonds is 5. The van der Waals surface area contributed by atoms with Gasteiger partial charge in [0.05, 0.1) is 11.1 Å². The topological polar surface area (TPSA) is 43.4 Å². The summed E-state index contributed by atoms with van der Waals surface area (Å²) in [7, 11) is 0. The van der Waals surface area contributed by atoms with Crippen molar-refractivity contribution in [2.24, 2.45) is 0 Å². The number of ketones is 1. The molecule has 0 aliphatic carbocycles. The lowest BCUT2D eigenvalue weighted by molar-refractivity contribution is 0.0733. The van der Waals surface area contributed by atoms with Gasteiger partial charge in [0.15, 0.2) is 5.78 Å². The Labute approximate surface area is 161 Å². The SMILES string of the molecule is O=C(Oc1ccc(F)cc1C(=O)C=Cc1cccs1)c1ccc(Br)cc1. The summed E-state index contributed by atoms with van der Waals surface area (Å²) in [6.45, 7) is 0. The van der Waals surface area contributed by atoms with Gasteiger partial charge < -0.3 is 4.74 Å². The Balaban J connectivity index is 1.84. The first-order valence-electron chi connectivity index (χ1n) is 7.56. The van der Waals surface area contributed by atoms with Crippen molar-refractivity contribution in [3.63, 3.8) is 0 Å². The zero-order valence-electron chi connectivity index (χ0n) is 13.3. The quantitative estimate of drug-likeness (QED) is 0.223. The molecule has 0 radical (unpaired) electrons. The summed E-state index contributed by atoms with van der Waals surface area (Å²) in [5.41, 5.74) is 0.313. The maximum atomic E-state index is 13.6. The van der Waals surface area contributed by atoms with Crippen LogP contribution >= 0.6 is 27.3 Å². The van der Waals surface area contributed by atoms with Crippen LogP contribution in [-0.4, -0.2) is 11.8 Å². The first-order valence-corrected chi connectivity index (χ1v) is 9.23. The van der Waals surface area contributed by atoms with Crippen LogP contribution in [0.3, 0.4) is 0 Å². The van der Waals surface area contributed by atoms with E-state index >= 15 is 0 Å². The Morgan fingerprint density at radius 3 is 2.54 bits per heavy atom. The van der Waals surface area contributed by atoms with Gasteiger partial charge in [-0.3, -0.25) is 4.79 Å². The van der Waals surface area contributed by atoms with Crippen molar-refractivity contribution in [1.29, 1.82) is 0 Å². The third-order valence-corrected chi connectivity index (χ3v) is 4.80. The van der Waals surface area contributed by atoms with Crippen molar-refractivity contribution in [2.75, 3.05) is 0 Å². The molecule has 6 heteroatoms. The number of allylic oxidation sites excluding steroid dienone is 1. The number of esters is 1. The number of thiophene rings is 1. The van der Waals surface area contributed by atoms with Gasteiger partial charge in [-0.25, -0.2) is 9.18 Å². The van der Waals surface area contributed by atoms with Crippen LogP contribution < -0.4 is 4.74 Å². The first kappa shape index (κ1) is 18.2. The fourth-order valence-corrected chi connectivity index (χ4v) is 3.04. The normalized spacial score (nSPS) is 10.8. The predicted molar refractivity (Wildman–Crippen MR) is 103 cm³/mol. The lowest BCUT2D eigenvalue weighted by Gasteiger charge is -2.08. The molecule has 0 amide bonds. The van der Waals surface area contributed by atoms with Gasteiger partial charge in [0.2, 0.25) is 0 Å². The van der Waals surface area contributed by atoms with E-state index in [4.69, 9.17) is 4.74 Å². The summed E-state index contributed by atoms with van der Waals surface area (Å²) in [4.78, 5) is 25.6. The molecule has 0 saturated heterocycles. The molecule has 0 bridgehead atoms. The highest BCUT2D eigenvalue weighted by atomic mass is 79.9. The molecule has 0 unspecified atom stereocenters. The molecule has 3 rings (SSSR count). The highest BCUT2D eigenvalue weighted by Crippen LogP contribution is 2.23. The molecule has 2 aromatic carbocycles. The van der Waals surface area contributed by atoms with Crippen LogP contribution in [0.5, 0.6) is 5.75 Å². The molecule has 130 valence electrons. The van der Waals surface area contributed by atoms with Crippen LogP contribution in [0.2, 0.25) is 0 Å². The van der Waals surface area contributed by atoms with E-state index < -0.39 is 17.6 Å². The van der Waals surface area contributed by atoms with Crippen molar-refractivity contribution in [2.45, 2.75) is 0 Å². The van der Waals surface area contributed by atoms with Crippen LogP contribution in [0.4, 0.5) is 4.39 Å². The Kier molecular flexibility index (Phi) is 5.75. The fraction of sp³-hybridized carbons (Fsp3) is 0. The molecule has 1 heterocycles. The Morgan fingerprint density at radius 1 is 1.08 bits per heavy atom. The lowest BCUT2D eigenvalue weighted by Crippen LogP contribution is -2.11. The second kappa shape index (κ2) is 8.21. The summed E-state index contributed by atoms with van der Waals surface area (Å²) in [6, 6.07) is 13.8. The molecular weight excluding hydrogens is 419 g/mol. The van der Waals surface area contributed by atoms with Crippen LogP contribution in [0.25, 0.3) is 6.08 Å². The van der Waals surface area contributed by atoms with Crippen LogP contribution in [0.1, 0.15) is 25.6 Å². The smallest absolute Gasteiger partial charge is 0.343 e. The average Bonchev–Trinajstić information content (AvgIpc) is 3.15. The van der Waals surface area contributed by atoms with Crippen LogP contribution in [-0.2, 0) is 0 Å². The molecule has 1 aromatic heterocycles. The first-order chi connectivity index (χ1) is 12.5. The van der Waals surface area contributed by atoms with Gasteiger partial charge in [0, 0.05) is 9.35 Å². The molecule has 0 N–H and O–H groups in total. The Morgan fingerprint density at radius 2 is 1.85 bits per heavy atom. The molecule has 0 atom stereocenters. The monoisotopic (exact) mass is 430 g/mol. The number of hydrogen-bond donors (Lipinski definition) is 0. The highest BCUT2D eigenvalue weighted by Gasteiger charge is 2.16. The van der Waals surface area contributed by atoms with Crippen molar-refractivity contribution < 1.29 is 18.7 Å². The maximum absolute atomic E-state index is 13.6. The zero-order valence-corrected chi connectivity index (χ0v) is 15.7. The zero-order chi connectivity index (χ0) is 18.5. The van der Waals surface area contributed by atoms with E-state index in [1.165, 1.54) is 23.5 Å². The molecule has 0 spiro atoms. The molecule has 0 aliphatic rings. The Hall–Kier alpha value is -2.57. The van der Waals surface area contributed by atoms with E-state index in [2.05, 4.69) is 15.9 Å². The van der Waals surface area contributed by atoms with E-state index in [9.17, 15) is 14.0 Å². The summed E-state index contributed by atoms with van der Waals surface area (Å²) in [5, 5.41) is 1.89. The Bertz CT molecular complexity index is 963.